The number of hydrogen-bond donors (Lipinski definition) is 0. The van der Waals surface area contributed by atoms with E-state index in [-0.39, 0.29) is 27.9 Å². The summed E-state index contributed by atoms with van der Waals surface area (Å²) in [5.74, 6) is -0.976. The molecule has 9 heteroatoms. The Hall–Kier alpha value is -2.32. The van der Waals surface area contributed by atoms with Crippen molar-refractivity contribution < 1.29 is 13.5 Å². The molecule has 0 radical (unpaired) electrons. The maximum absolute atomic E-state index is 14.8. The molecule has 1 aromatic carbocycles. The quantitative estimate of drug-likeness (QED) is 0.500. The van der Waals surface area contributed by atoms with Gasteiger partial charge in [0.1, 0.15) is 28.9 Å². The topological polar surface area (TPSA) is 55.5 Å². The van der Waals surface area contributed by atoms with Crippen LogP contribution in [0.2, 0.25) is 5.15 Å². The molecule has 0 spiro atoms. The van der Waals surface area contributed by atoms with E-state index in [4.69, 9.17) is 16.3 Å². The molecule has 0 saturated heterocycles. The van der Waals surface area contributed by atoms with Crippen LogP contribution in [0.25, 0.3) is 16.9 Å². The van der Waals surface area contributed by atoms with Gasteiger partial charge in [0.05, 0.1) is 18.4 Å². The second-order valence-electron chi connectivity index (χ2n) is 7.83. The molecule has 0 N–H and O–H groups in total. The van der Waals surface area contributed by atoms with Crippen molar-refractivity contribution in [2.75, 3.05) is 27.7 Å². The highest BCUT2D eigenvalue weighted by Crippen LogP contribution is 2.42. The van der Waals surface area contributed by atoms with E-state index in [1.54, 1.807) is 4.52 Å². The second kappa shape index (κ2) is 10.3. The molecule has 4 rings (SSSR count). The van der Waals surface area contributed by atoms with Gasteiger partial charge in [-0.25, -0.2) is 13.3 Å². The van der Waals surface area contributed by atoms with Crippen molar-refractivity contribution >= 4 is 17.4 Å². The highest BCUT2D eigenvalue weighted by molar-refractivity contribution is 6.32. The van der Waals surface area contributed by atoms with E-state index in [2.05, 4.69) is 41.0 Å². The van der Waals surface area contributed by atoms with Gasteiger partial charge >= 0.3 is 0 Å². The Kier molecular flexibility index (Phi) is 7.78. The summed E-state index contributed by atoms with van der Waals surface area (Å²) in [5.41, 5.74) is 0.704. The number of fused-ring (bicyclic) bond motifs is 1. The van der Waals surface area contributed by atoms with Crippen molar-refractivity contribution in [3.8, 4) is 16.9 Å². The molecule has 1 fully saturated rings. The first kappa shape index (κ1) is 23.3. The number of rotatable bonds is 4. The molecule has 0 atom stereocenters. The van der Waals surface area contributed by atoms with Gasteiger partial charge in [0.25, 0.3) is 5.78 Å². The Balaban J connectivity index is 0.000000491. The van der Waals surface area contributed by atoms with Crippen LogP contribution in [0, 0.1) is 11.6 Å². The van der Waals surface area contributed by atoms with Gasteiger partial charge in [-0.2, -0.15) is 15.1 Å². The van der Waals surface area contributed by atoms with Gasteiger partial charge in [0.15, 0.2) is 0 Å². The molecule has 0 amide bonds. The van der Waals surface area contributed by atoms with Gasteiger partial charge < -0.3 is 9.64 Å². The fourth-order valence-electron chi connectivity index (χ4n) is 3.73. The van der Waals surface area contributed by atoms with Crippen molar-refractivity contribution in [2.24, 2.45) is 0 Å². The van der Waals surface area contributed by atoms with E-state index in [0.29, 0.717) is 11.5 Å². The third-order valence-corrected chi connectivity index (χ3v) is 5.82. The lowest BCUT2D eigenvalue weighted by molar-refractivity contribution is 0.407. The van der Waals surface area contributed by atoms with Gasteiger partial charge in [-0.15, -0.1) is 0 Å². The smallest absolute Gasteiger partial charge is 0.253 e. The summed E-state index contributed by atoms with van der Waals surface area (Å²) < 4.78 is 36.1. The molecule has 31 heavy (non-hydrogen) atoms. The number of methoxy groups -OCH3 is 1. The third kappa shape index (κ3) is 5.13. The zero-order valence-corrected chi connectivity index (χ0v) is 19.1. The molecule has 3 aromatic rings. The van der Waals surface area contributed by atoms with E-state index in [1.807, 2.05) is 0 Å². The first-order valence-corrected chi connectivity index (χ1v) is 10.8. The van der Waals surface area contributed by atoms with Crippen LogP contribution in [0.15, 0.2) is 18.5 Å². The SMILES string of the molecule is CCN(C)C.COc1cc(F)c(-c2c(Cl)nc3ncnn3c2C2CCCCC2)c(F)c1. The van der Waals surface area contributed by atoms with Crippen LogP contribution in [-0.2, 0) is 0 Å². The lowest BCUT2D eigenvalue weighted by Gasteiger charge is -2.25. The summed E-state index contributed by atoms with van der Waals surface area (Å²) in [6.07, 6.45) is 6.43. The summed E-state index contributed by atoms with van der Waals surface area (Å²) in [5, 5.41) is 4.25. The van der Waals surface area contributed by atoms with E-state index in [0.717, 1.165) is 50.8 Å². The predicted molar refractivity (Wildman–Crippen MR) is 118 cm³/mol. The van der Waals surface area contributed by atoms with Crippen LogP contribution in [-0.4, -0.2) is 52.2 Å². The monoisotopic (exact) mass is 451 g/mol. The van der Waals surface area contributed by atoms with E-state index < -0.39 is 11.6 Å². The Morgan fingerprint density at radius 3 is 2.29 bits per heavy atom. The normalized spacial score (nSPS) is 14.6. The van der Waals surface area contributed by atoms with Gasteiger partial charge in [0.2, 0.25) is 0 Å². The van der Waals surface area contributed by atoms with Crippen LogP contribution in [0.3, 0.4) is 0 Å². The first-order chi connectivity index (χ1) is 14.9. The second-order valence-corrected chi connectivity index (χ2v) is 8.19. The molecule has 2 aromatic heterocycles. The number of hydrogen-bond acceptors (Lipinski definition) is 5. The van der Waals surface area contributed by atoms with Gasteiger partial charge in [0, 0.05) is 23.6 Å². The Bertz CT molecular complexity index is 1010. The summed E-state index contributed by atoms with van der Waals surface area (Å²) in [6, 6.07) is 2.29. The van der Waals surface area contributed by atoms with E-state index in [1.165, 1.54) is 13.4 Å². The molecule has 1 aliphatic rings. The number of ether oxygens (including phenoxy) is 1. The predicted octanol–water partition coefficient (Wildman–Crippen LogP) is 5.35. The standard InChI is InChI=1S/C18H17ClF2N4O.C4H11N/c1-26-11-7-12(20)14(13(21)8-11)15-16(10-5-3-2-4-6-10)25-18(22-9-23-25)24-17(15)19;1-4-5(2)3/h7-10H,2-6H2,1H3;4H2,1-3H3. The first-order valence-electron chi connectivity index (χ1n) is 10.4. The molecular weight excluding hydrogens is 424 g/mol. The van der Waals surface area contributed by atoms with E-state index >= 15 is 0 Å². The van der Waals surface area contributed by atoms with Crippen LogP contribution >= 0.6 is 11.6 Å². The lowest BCUT2D eigenvalue weighted by Crippen LogP contribution is -2.14. The Labute approximate surface area is 186 Å². The zero-order valence-electron chi connectivity index (χ0n) is 18.3. The molecule has 0 unspecified atom stereocenters. The largest absolute Gasteiger partial charge is 0.497 e. The fourth-order valence-corrected chi connectivity index (χ4v) is 3.99. The maximum atomic E-state index is 14.8. The zero-order chi connectivity index (χ0) is 22.5. The third-order valence-electron chi connectivity index (χ3n) is 5.54. The number of aromatic nitrogens is 4. The summed E-state index contributed by atoms with van der Waals surface area (Å²) in [7, 11) is 5.47. The fraction of sp³-hybridized carbons (Fsp3) is 0.500. The Morgan fingerprint density at radius 1 is 1.13 bits per heavy atom. The van der Waals surface area contributed by atoms with Crippen molar-refractivity contribution in [1.82, 2.24) is 24.5 Å². The van der Waals surface area contributed by atoms with Crippen LogP contribution in [0.4, 0.5) is 8.78 Å². The van der Waals surface area contributed by atoms with E-state index in [9.17, 15) is 8.78 Å². The lowest BCUT2D eigenvalue weighted by atomic mass is 9.84. The van der Waals surface area contributed by atoms with Crippen molar-refractivity contribution in [1.29, 1.82) is 0 Å². The minimum Gasteiger partial charge on any atom is -0.497 e. The number of halogens is 3. The maximum Gasteiger partial charge on any atom is 0.253 e. The van der Waals surface area contributed by atoms with Crippen LogP contribution in [0.5, 0.6) is 5.75 Å². The highest BCUT2D eigenvalue weighted by Gasteiger charge is 2.29. The summed E-state index contributed by atoms with van der Waals surface area (Å²) in [6.45, 7) is 3.26. The number of nitrogens with zero attached hydrogens (tertiary/aromatic N) is 5. The van der Waals surface area contributed by atoms with Crippen molar-refractivity contribution in [3.05, 3.63) is 40.9 Å². The molecule has 1 aliphatic carbocycles. The average molecular weight is 452 g/mol. The summed E-state index contributed by atoms with van der Waals surface area (Å²) >= 11 is 6.38. The number of benzene rings is 1. The summed E-state index contributed by atoms with van der Waals surface area (Å²) in [4.78, 5) is 10.4. The highest BCUT2D eigenvalue weighted by atomic mass is 35.5. The van der Waals surface area contributed by atoms with Crippen molar-refractivity contribution in [2.45, 2.75) is 44.9 Å². The minimum absolute atomic E-state index is 0.0223. The molecule has 168 valence electrons. The average Bonchev–Trinajstić information content (AvgIpc) is 3.22. The minimum atomic E-state index is -0.748. The molecule has 6 nitrogen and oxygen atoms in total. The molecule has 0 bridgehead atoms. The molecule has 2 heterocycles. The van der Waals surface area contributed by atoms with Gasteiger partial charge in [-0.05, 0) is 33.5 Å². The molecule has 1 saturated carbocycles. The van der Waals surface area contributed by atoms with Crippen LogP contribution < -0.4 is 4.74 Å². The van der Waals surface area contributed by atoms with Crippen molar-refractivity contribution in [3.63, 3.8) is 0 Å². The molecule has 0 aliphatic heterocycles. The van der Waals surface area contributed by atoms with Gasteiger partial charge in [-0.1, -0.05) is 37.8 Å². The molecular formula is C22H28ClF2N5O. The van der Waals surface area contributed by atoms with Gasteiger partial charge in [-0.3, -0.25) is 0 Å². The van der Waals surface area contributed by atoms with Crippen LogP contribution in [0.1, 0.15) is 50.6 Å². The Morgan fingerprint density at radius 2 is 1.74 bits per heavy atom.